The monoisotopic (exact) mass is 384 g/mol. The highest BCUT2D eigenvalue weighted by molar-refractivity contribution is 5.81. The number of imidazole rings is 1. The first-order valence-corrected chi connectivity index (χ1v) is 9.16. The molecule has 2 aromatic heterocycles. The summed E-state index contributed by atoms with van der Waals surface area (Å²) in [5.41, 5.74) is 8.09. The Morgan fingerprint density at radius 2 is 2.07 bits per heavy atom. The third-order valence-electron chi connectivity index (χ3n) is 4.95. The van der Waals surface area contributed by atoms with Crippen LogP contribution < -0.4 is 11.1 Å². The minimum atomic E-state index is -0.429. The third kappa shape index (κ3) is 4.19. The van der Waals surface area contributed by atoms with Gasteiger partial charge in [-0.3, -0.25) is 0 Å². The summed E-state index contributed by atoms with van der Waals surface area (Å²) in [4.78, 5) is 24.3. The zero-order chi connectivity index (χ0) is 19.5. The minimum Gasteiger partial charge on any atom is -0.449 e. The van der Waals surface area contributed by atoms with Crippen molar-refractivity contribution in [3.05, 3.63) is 48.3 Å². The van der Waals surface area contributed by atoms with Crippen LogP contribution in [-0.2, 0) is 17.7 Å². The lowest BCUT2D eigenvalue weighted by molar-refractivity contribution is 0.139. The molecule has 2 heterocycles. The number of carbonyl (C=O) groups is 1. The van der Waals surface area contributed by atoms with Crippen molar-refractivity contribution in [3.8, 4) is 0 Å². The van der Waals surface area contributed by atoms with Crippen molar-refractivity contribution in [1.29, 1.82) is 0 Å². The molecule has 1 aromatic carbocycles. The van der Waals surface area contributed by atoms with E-state index in [1.165, 1.54) is 18.5 Å². The van der Waals surface area contributed by atoms with Gasteiger partial charge in [-0.2, -0.15) is 0 Å². The Morgan fingerprint density at radius 1 is 1.25 bits per heavy atom. The van der Waals surface area contributed by atoms with Crippen LogP contribution in [0.3, 0.4) is 0 Å². The molecule has 0 unspecified atom stereocenters. The Balaban J connectivity index is 1.17. The van der Waals surface area contributed by atoms with Crippen molar-refractivity contribution in [2.24, 2.45) is 11.8 Å². The molecule has 28 heavy (non-hydrogen) atoms. The van der Waals surface area contributed by atoms with E-state index < -0.39 is 6.09 Å². The number of nitrogen functional groups attached to an aromatic ring is 1. The molecule has 4 rings (SSSR count). The van der Waals surface area contributed by atoms with Gasteiger partial charge in [-0.1, -0.05) is 12.1 Å². The van der Waals surface area contributed by atoms with E-state index in [1.807, 2.05) is 4.57 Å². The standard InChI is InChI=1S/C19H21FN6O2/c20-15-3-1-12(2-4-15)5-6-22-19(27)28-9-14-7-13(14)8-26-11-25-16-17(21)23-10-24-18(16)26/h1-4,10-11,13-14H,5-9H2,(H,22,27)(H2,21,23,24)/t13-,14+/m1/s1. The summed E-state index contributed by atoms with van der Waals surface area (Å²) in [6.07, 6.45) is 4.33. The highest BCUT2D eigenvalue weighted by Gasteiger charge is 2.38. The number of rotatable bonds is 7. The number of nitrogens with zero attached hydrogens (tertiary/aromatic N) is 4. The third-order valence-corrected chi connectivity index (χ3v) is 4.95. The zero-order valence-corrected chi connectivity index (χ0v) is 15.2. The van der Waals surface area contributed by atoms with Crippen LogP contribution in [0.15, 0.2) is 36.9 Å². The molecule has 9 heteroatoms. The topological polar surface area (TPSA) is 108 Å². The Bertz CT molecular complexity index is 974. The predicted octanol–water partition coefficient (Wildman–Crippen LogP) is 2.15. The molecule has 0 saturated heterocycles. The molecular weight excluding hydrogens is 363 g/mol. The van der Waals surface area contributed by atoms with Crippen LogP contribution in [-0.4, -0.2) is 38.8 Å². The maximum atomic E-state index is 12.9. The van der Waals surface area contributed by atoms with Crippen molar-refractivity contribution in [3.63, 3.8) is 0 Å². The molecule has 0 radical (unpaired) electrons. The van der Waals surface area contributed by atoms with Crippen LogP contribution in [0, 0.1) is 17.7 Å². The highest BCUT2D eigenvalue weighted by Crippen LogP contribution is 2.40. The number of aromatic nitrogens is 4. The Kier molecular flexibility index (Phi) is 5.05. The number of hydrogen-bond acceptors (Lipinski definition) is 6. The lowest BCUT2D eigenvalue weighted by Gasteiger charge is -2.07. The van der Waals surface area contributed by atoms with Crippen molar-refractivity contribution in [1.82, 2.24) is 24.8 Å². The molecule has 2 atom stereocenters. The molecule has 1 fully saturated rings. The van der Waals surface area contributed by atoms with Gasteiger partial charge < -0.3 is 20.4 Å². The molecule has 8 nitrogen and oxygen atoms in total. The average molecular weight is 384 g/mol. The van der Waals surface area contributed by atoms with Crippen LogP contribution in [0.5, 0.6) is 0 Å². The van der Waals surface area contributed by atoms with Gasteiger partial charge in [0.25, 0.3) is 0 Å². The molecule has 146 valence electrons. The van der Waals surface area contributed by atoms with Crippen molar-refractivity contribution in [2.75, 3.05) is 18.9 Å². The first kappa shape index (κ1) is 18.1. The van der Waals surface area contributed by atoms with Gasteiger partial charge >= 0.3 is 6.09 Å². The number of alkyl carbamates (subject to hydrolysis) is 1. The molecular formula is C19H21FN6O2. The molecule has 1 aliphatic rings. The lowest BCUT2D eigenvalue weighted by Crippen LogP contribution is -2.27. The fraction of sp³-hybridized carbons (Fsp3) is 0.368. The van der Waals surface area contributed by atoms with Crippen LogP contribution in [0.2, 0.25) is 0 Å². The Morgan fingerprint density at radius 3 is 2.89 bits per heavy atom. The first-order chi connectivity index (χ1) is 13.6. The van der Waals surface area contributed by atoms with Crippen molar-refractivity contribution in [2.45, 2.75) is 19.4 Å². The summed E-state index contributed by atoms with van der Waals surface area (Å²) >= 11 is 0. The maximum Gasteiger partial charge on any atom is 0.407 e. The van der Waals surface area contributed by atoms with Gasteiger partial charge in [0.15, 0.2) is 11.5 Å². The summed E-state index contributed by atoms with van der Waals surface area (Å²) in [5.74, 6) is 0.853. The number of ether oxygens (including phenoxy) is 1. The number of anilines is 1. The van der Waals surface area contributed by atoms with Crippen molar-refractivity contribution >= 4 is 23.1 Å². The number of nitrogens with two attached hydrogens (primary N) is 1. The number of hydrogen-bond donors (Lipinski definition) is 2. The molecule has 0 aliphatic heterocycles. The number of benzene rings is 1. The van der Waals surface area contributed by atoms with Gasteiger partial charge in [0, 0.05) is 13.1 Å². The van der Waals surface area contributed by atoms with Gasteiger partial charge in [-0.15, -0.1) is 0 Å². The smallest absolute Gasteiger partial charge is 0.407 e. The molecule has 1 aliphatic carbocycles. The summed E-state index contributed by atoms with van der Waals surface area (Å²) in [6.45, 7) is 1.59. The summed E-state index contributed by atoms with van der Waals surface area (Å²) in [5, 5.41) is 2.72. The van der Waals surface area contributed by atoms with E-state index in [1.54, 1.807) is 18.5 Å². The summed E-state index contributed by atoms with van der Waals surface area (Å²) < 4.78 is 20.1. The van der Waals surface area contributed by atoms with E-state index in [-0.39, 0.29) is 5.82 Å². The molecule has 0 bridgehead atoms. The molecule has 3 aromatic rings. The van der Waals surface area contributed by atoms with E-state index in [2.05, 4.69) is 20.3 Å². The number of nitrogens with one attached hydrogen (secondary N) is 1. The second kappa shape index (κ2) is 7.79. The highest BCUT2D eigenvalue weighted by atomic mass is 19.1. The molecule has 1 amide bonds. The summed E-state index contributed by atoms with van der Waals surface area (Å²) in [7, 11) is 0. The summed E-state index contributed by atoms with van der Waals surface area (Å²) in [6, 6.07) is 6.22. The fourth-order valence-electron chi connectivity index (χ4n) is 3.22. The average Bonchev–Trinajstić information content (AvgIpc) is 3.30. The van der Waals surface area contributed by atoms with Gasteiger partial charge in [-0.25, -0.2) is 24.1 Å². The zero-order valence-electron chi connectivity index (χ0n) is 15.2. The van der Waals surface area contributed by atoms with E-state index >= 15 is 0 Å². The predicted molar refractivity (Wildman–Crippen MR) is 101 cm³/mol. The molecule has 0 spiro atoms. The Hall–Kier alpha value is -3.23. The van der Waals surface area contributed by atoms with Crippen LogP contribution in [0.4, 0.5) is 15.0 Å². The van der Waals surface area contributed by atoms with Crippen LogP contribution in [0.1, 0.15) is 12.0 Å². The molecule has 1 saturated carbocycles. The number of carbonyl (C=O) groups excluding carboxylic acids is 1. The second-order valence-corrected chi connectivity index (χ2v) is 6.99. The fourth-order valence-corrected chi connectivity index (χ4v) is 3.22. The number of halogens is 1. The van der Waals surface area contributed by atoms with E-state index in [0.29, 0.717) is 42.7 Å². The van der Waals surface area contributed by atoms with Gasteiger partial charge in [0.05, 0.1) is 12.9 Å². The number of fused-ring (bicyclic) bond motifs is 1. The van der Waals surface area contributed by atoms with Crippen molar-refractivity contribution < 1.29 is 13.9 Å². The van der Waals surface area contributed by atoms with Crippen LogP contribution in [0.25, 0.3) is 11.2 Å². The second-order valence-electron chi connectivity index (χ2n) is 6.99. The number of amides is 1. The van der Waals surface area contributed by atoms with Gasteiger partial charge in [-0.05, 0) is 42.4 Å². The lowest BCUT2D eigenvalue weighted by atomic mass is 10.1. The normalized spacial score (nSPS) is 18.2. The minimum absolute atomic E-state index is 0.269. The van der Waals surface area contributed by atoms with E-state index in [4.69, 9.17) is 10.5 Å². The quantitative estimate of drug-likeness (QED) is 0.646. The van der Waals surface area contributed by atoms with E-state index in [0.717, 1.165) is 24.2 Å². The first-order valence-electron chi connectivity index (χ1n) is 9.16. The van der Waals surface area contributed by atoms with Gasteiger partial charge in [0.2, 0.25) is 0 Å². The maximum absolute atomic E-state index is 12.9. The van der Waals surface area contributed by atoms with E-state index in [9.17, 15) is 9.18 Å². The molecule has 3 N–H and O–H groups in total. The van der Waals surface area contributed by atoms with Gasteiger partial charge in [0.1, 0.15) is 17.7 Å². The van der Waals surface area contributed by atoms with Crippen LogP contribution >= 0.6 is 0 Å². The largest absolute Gasteiger partial charge is 0.449 e. The Labute approximate surface area is 160 Å². The SMILES string of the molecule is Nc1ncnc2c1ncn2C[C@H]1C[C@H]1COC(=O)NCCc1ccc(F)cc1.